The molecule has 0 spiro atoms. The molecule has 2 aliphatic rings. The molecule has 4 aromatic rings. The van der Waals surface area contributed by atoms with Crippen molar-refractivity contribution in [1.29, 1.82) is 0 Å². The summed E-state index contributed by atoms with van der Waals surface area (Å²) in [5.41, 5.74) is 6.01. The van der Waals surface area contributed by atoms with Crippen LogP contribution >= 0.6 is 0 Å². The lowest BCUT2D eigenvalue weighted by atomic mass is 9.93. The fourth-order valence-electron chi connectivity index (χ4n) is 4.94. The maximum absolute atomic E-state index is 6.52. The van der Waals surface area contributed by atoms with E-state index in [0.717, 1.165) is 23.4 Å². The number of ether oxygens (including phenoxy) is 1. The molecular formula is C29H26N2O. The smallest absolute Gasteiger partial charge is 0.213 e. The number of para-hydroxylation sites is 1. The molecule has 3 heteroatoms. The van der Waals surface area contributed by atoms with E-state index in [1.807, 2.05) is 0 Å². The number of benzene rings is 4. The van der Waals surface area contributed by atoms with E-state index in [9.17, 15) is 0 Å². The minimum Gasteiger partial charge on any atom is -0.464 e. The van der Waals surface area contributed by atoms with E-state index in [0.29, 0.717) is 5.92 Å². The predicted octanol–water partition coefficient (Wildman–Crippen LogP) is 7.21. The molecule has 0 aromatic heterocycles. The second kappa shape index (κ2) is 7.52. The molecule has 2 aliphatic heterocycles. The Kier molecular flexibility index (Phi) is 4.50. The lowest BCUT2D eigenvalue weighted by molar-refractivity contribution is -0.0190. The van der Waals surface area contributed by atoms with Crippen molar-refractivity contribution >= 4 is 16.5 Å². The molecule has 32 heavy (non-hydrogen) atoms. The Balaban J connectivity index is 1.45. The maximum atomic E-state index is 6.52. The van der Waals surface area contributed by atoms with Crippen LogP contribution in [0.1, 0.15) is 60.7 Å². The highest BCUT2D eigenvalue weighted by molar-refractivity contribution is 6.11. The highest BCUT2D eigenvalue weighted by Gasteiger charge is 2.41. The monoisotopic (exact) mass is 418 g/mol. The molecule has 3 nitrogen and oxygen atoms in total. The third-order valence-electron chi connectivity index (χ3n) is 6.69. The molecule has 0 saturated carbocycles. The van der Waals surface area contributed by atoms with Crippen molar-refractivity contribution in [2.24, 2.45) is 5.10 Å². The Morgan fingerprint density at radius 1 is 0.844 bits per heavy atom. The number of rotatable bonds is 3. The van der Waals surface area contributed by atoms with Crippen LogP contribution < -0.4 is 4.74 Å². The van der Waals surface area contributed by atoms with Gasteiger partial charge in [0.05, 0.1) is 11.8 Å². The summed E-state index contributed by atoms with van der Waals surface area (Å²) >= 11 is 0. The Hall–Kier alpha value is -3.59. The Labute approximate surface area is 189 Å². The van der Waals surface area contributed by atoms with Crippen LogP contribution in [0, 0.1) is 0 Å². The third-order valence-corrected chi connectivity index (χ3v) is 6.69. The number of hydrazone groups is 1. The molecule has 0 unspecified atom stereocenters. The van der Waals surface area contributed by atoms with Gasteiger partial charge in [-0.3, -0.25) is 0 Å². The van der Waals surface area contributed by atoms with Gasteiger partial charge in [0.2, 0.25) is 6.23 Å². The summed E-state index contributed by atoms with van der Waals surface area (Å²) in [6.07, 6.45) is 0.637. The van der Waals surface area contributed by atoms with E-state index >= 15 is 0 Å². The summed E-state index contributed by atoms with van der Waals surface area (Å²) in [7, 11) is 0. The van der Waals surface area contributed by atoms with Crippen molar-refractivity contribution in [2.45, 2.75) is 38.5 Å². The molecular weight excluding hydrogens is 392 g/mol. The van der Waals surface area contributed by atoms with Crippen molar-refractivity contribution in [2.75, 3.05) is 0 Å². The van der Waals surface area contributed by atoms with Gasteiger partial charge in [-0.2, -0.15) is 5.10 Å². The fraction of sp³-hybridized carbons (Fsp3) is 0.207. The predicted molar refractivity (Wildman–Crippen MR) is 130 cm³/mol. The molecule has 0 N–H and O–H groups in total. The zero-order chi connectivity index (χ0) is 21.7. The van der Waals surface area contributed by atoms with E-state index < -0.39 is 0 Å². The van der Waals surface area contributed by atoms with Crippen LogP contribution in [0.3, 0.4) is 0 Å². The molecule has 0 aliphatic carbocycles. The summed E-state index contributed by atoms with van der Waals surface area (Å²) in [4.78, 5) is 0. The minimum absolute atomic E-state index is 0.170. The number of nitrogens with zero attached hydrogens (tertiary/aromatic N) is 2. The molecule has 4 aromatic carbocycles. The maximum Gasteiger partial charge on any atom is 0.213 e. The van der Waals surface area contributed by atoms with E-state index in [1.54, 1.807) is 0 Å². The van der Waals surface area contributed by atoms with Crippen LogP contribution in [-0.2, 0) is 0 Å². The first kappa shape index (κ1) is 19.1. The second-order valence-corrected chi connectivity index (χ2v) is 9.00. The van der Waals surface area contributed by atoms with Gasteiger partial charge in [-0.25, -0.2) is 5.01 Å². The van der Waals surface area contributed by atoms with Gasteiger partial charge in [-0.05, 0) is 28.3 Å². The molecule has 0 bridgehead atoms. The van der Waals surface area contributed by atoms with Crippen molar-refractivity contribution in [3.63, 3.8) is 0 Å². The largest absolute Gasteiger partial charge is 0.464 e. The molecule has 158 valence electrons. The average Bonchev–Trinajstić information content (AvgIpc) is 3.29. The normalized spacial score (nSPS) is 19.5. The Bertz CT molecular complexity index is 1320. The highest BCUT2D eigenvalue weighted by Crippen LogP contribution is 2.47. The molecule has 0 radical (unpaired) electrons. The van der Waals surface area contributed by atoms with E-state index in [1.165, 1.54) is 27.5 Å². The third kappa shape index (κ3) is 3.08. The molecule has 6 rings (SSSR count). The number of hydrogen-bond donors (Lipinski definition) is 0. The highest BCUT2D eigenvalue weighted by atomic mass is 16.5. The first-order valence-corrected chi connectivity index (χ1v) is 11.4. The number of fused-ring (bicyclic) bond motifs is 4. The van der Waals surface area contributed by atoms with Gasteiger partial charge < -0.3 is 4.74 Å². The topological polar surface area (TPSA) is 24.8 Å². The molecule has 0 amide bonds. The van der Waals surface area contributed by atoms with E-state index in [4.69, 9.17) is 9.84 Å². The van der Waals surface area contributed by atoms with Gasteiger partial charge in [0.1, 0.15) is 5.75 Å². The number of hydrogen-bond acceptors (Lipinski definition) is 3. The van der Waals surface area contributed by atoms with Crippen LogP contribution in [0.2, 0.25) is 0 Å². The summed E-state index contributed by atoms with van der Waals surface area (Å²) in [6, 6.07) is 32.4. The zero-order valence-electron chi connectivity index (χ0n) is 18.4. The van der Waals surface area contributed by atoms with Gasteiger partial charge in [-0.15, -0.1) is 0 Å². The lowest BCUT2D eigenvalue weighted by Gasteiger charge is -2.38. The summed E-state index contributed by atoms with van der Waals surface area (Å²) in [6.45, 7) is 4.44. The van der Waals surface area contributed by atoms with Gasteiger partial charge in [0.15, 0.2) is 0 Å². The van der Waals surface area contributed by atoms with Crippen molar-refractivity contribution in [1.82, 2.24) is 5.01 Å². The molecule has 0 fully saturated rings. The zero-order valence-corrected chi connectivity index (χ0v) is 18.4. The SMILES string of the molecule is CC(C)c1ccc([C@H]2Oc3ccccc3[C@@H]3CC(c4cccc5ccccc45)=NN23)cc1. The van der Waals surface area contributed by atoms with Crippen LogP contribution in [0.4, 0.5) is 0 Å². The van der Waals surface area contributed by atoms with Gasteiger partial charge >= 0.3 is 0 Å². The standard InChI is InChI=1S/C29H26N2O/c1-19(2)20-14-16-22(17-15-20)29-31-27(25-11-5-6-13-28(25)32-29)18-26(30-31)24-12-7-9-21-8-3-4-10-23(21)24/h3-17,19,27,29H,18H2,1-2H3/t27-,29+/m0/s1. The first-order valence-electron chi connectivity index (χ1n) is 11.4. The van der Waals surface area contributed by atoms with E-state index in [-0.39, 0.29) is 12.3 Å². The summed E-state index contributed by atoms with van der Waals surface area (Å²) < 4.78 is 6.52. The average molecular weight is 419 g/mol. The summed E-state index contributed by atoms with van der Waals surface area (Å²) in [5, 5.41) is 9.84. The van der Waals surface area contributed by atoms with Crippen LogP contribution in [0.25, 0.3) is 10.8 Å². The minimum atomic E-state index is -0.233. The Morgan fingerprint density at radius 3 is 2.44 bits per heavy atom. The summed E-state index contributed by atoms with van der Waals surface area (Å²) in [5.74, 6) is 1.47. The Morgan fingerprint density at radius 2 is 1.59 bits per heavy atom. The molecule has 2 atom stereocenters. The molecule has 2 heterocycles. The van der Waals surface area contributed by atoms with E-state index in [2.05, 4.69) is 110 Å². The van der Waals surface area contributed by atoms with Gasteiger partial charge in [0.25, 0.3) is 0 Å². The van der Waals surface area contributed by atoms with Crippen LogP contribution in [0.5, 0.6) is 5.75 Å². The first-order chi connectivity index (χ1) is 15.7. The van der Waals surface area contributed by atoms with Gasteiger partial charge in [0, 0.05) is 23.1 Å². The lowest BCUT2D eigenvalue weighted by Crippen LogP contribution is -2.33. The van der Waals surface area contributed by atoms with Crippen LogP contribution in [-0.4, -0.2) is 10.7 Å². The molecule has 0 saturated heterocycles. The van der Waals surface area contributed by atoms with Crippen molar-refractivity contribution in [3.8, 4) is 5.75 Å². The quantitative estimate of drug-likeness (QED) is 0.351. The fourth-order valence-corrected chi connectivity index (χ4v) is 4.94. The second-order valence-electron chi connectivity index (χ2n) is 9.00. The van der Waals surface area contributed by atoms with Crippen molar-refractivity contribution in [3.05, 3.63) is 113 Å². The van der Waals surface area contributed by atoms with Crippen molar-refractivity contribution < 1.29 is 4.74 Å². The van der Waals surface area contributed by atoms with Gasteiger partial charge in [-0.1, -0.05) is 98.8 Å². The van der Waals surface area contributed by atoms with Crippen LogP contribution in [0.15, 0.2) is 96.1 Å².